The van der Waals surface area contributed by atoms with Crippen molar-refractivity contribution in [1.29, 1.82) is 0 Å². The van der Waals surface area contributed by atoms with Crippen molar-refractivity contribution >= 4 is 63.8 Å². The zero-order valence-electron chi connectivity index (χ0n) is 19.9. The van der Waals surface area contributed by atoms with Gasteiger partial charge in [-0.05, 0) is 55.5 Å². The second-order valence-corrected chi connectivity index (χ2v) is 11.6. The Morgan fingerprint density at radius 1 is 1.03 bits per heavy atom. The summed E-state index contributed by atoms with van der Waals surface area (Å²) in [5.41, 5.74) is 2.11. The summed E-state index contributed by atoms with van der Waals surface area (Å²) in [6, 6.07) is 17.3. The van der Waals surface area contributed by atoms with Gasteiger partial charge in [-0.2, -0.15) is 0 Å². The molecule has 6 rings (SSSR count). The first-order valence-electron chi connectivity index (χ1n) is 11.8. The average Bonchev–Trinajstić information content (AvgIpc) is 3.59. The van der Waals surface area contributed by atoms with Gasteiger partial charge in [-0.3, -0.25) is 23.7 Å². The fourth-order valence-electron chi connectivity index (χ4n) is 4.86. The highest BCUT2D eigenvalue weighted by Gasteiger charge is 2.57. The first kappa shape index (κ1) is 24.7. The summed E-state index contributed by atoms with van der Waals surface area (Å²) in [6.07, 6.45) is 1.50. The molecule has 4 heterocycles. The molecule has 8 nitrogen and oxygen atoms in total. The number of amides is 3. The Morgan fingerprint density at radius 3 is 2.45 bits per heavy atom. The molecule has 11 heteroatoms. The van der Waals surface area contributed by atoms with Gasteiger partial charge < -0.3 is 9.73 Å². The Hall–Kier alpha value is -3.60. The molecule has 1 saturated heterocycles. The predicted molar refractivity (Wildman–Crippen MR) is 146 cm³/mol. The van der Waals surface area contributed by atoms with E-state index in [0.717, 1.165) is 28.7 Å². The number of imide groups is 1. The predicted octanol–water partition coefficient (Wildman–Crippen LogP) is 4.90. The molecule has 3 amide bonds. The highest BCUT2D eigenvalue weighted by Crippen LogP contribution is 2.53. The van der Waals surface area contributed by atoms with Crippen molar-refractivity contribution in [3.8, 4) is 0 Å². The van der Waals surface area contributed by atoms with Gasteiger partial charge in [0, 0.05) is 10.7 Å². The van der Waals surface area contributed by atoms with Gasteiger partial charge >= 0.3 is 4.87 Å². The summed E-state index contributed by atoms with van der Waals surface area (Å²) in [4.78, 5) is 54.8. The van der Waals surface area contributed by atoms with Crippen LogP contribution in [0.1, 0.15) is 22.1 Å². The number of fused-ring (bicyclic) bond motifs is 2. The molecule has 2 aliphatic heterocycles. The number of thiazole rings is 1. The molecule has 3 unspecified atom stereocenters. The van der Waals surface area contributed by atoms with Crippen LogP contribution in [0.3, 0.4) is 0 Å². The van der Waals surface area contributed by atoms with Crippen LogP contribution in [-0.2, 0) is 20.9 Å². The van der Waals surface area contributed by atoms with Crippen LogP contribution in [0.15, 0.2) is 81.2 Å². The van der Waals surface area contributed by atoms with Gasteiger partial charge in [-0.15, -0.1) is 0 Å². The van der Waals surface area contributed by atoms with E-state index in [1.807, 2.05) is 19.1 Å². The van der Waals surface area contributed by atoms with E-state index in [1.54, 1.807) is 48.5 Å². The molecule has 4 aromatic rings. The van der Waals surface area contributed by atoms with Crippen molar-refractivity contribution in [3.05, 3.63) is 97.8 Å². The van der Waals surface area contributed by atoms with Gasteiger partial charge in [-0.25, -0.2) is 4.90 Å². The molecule has 0 aliphatic carbocycles. The van der Waals surface area contributed by atoms with Crippen LogP contribution in [0.2, 0.25) is 5.02 Å². The number of rotatable bonds is 5. The van der Waals surface area contributed by atoms with Crippen LogP contribution < -0.4 is 15.1 Å². The number of hydrogen-bond donors (Lipinski definition) is 1. The minimum atomic E-state index is -0.791. The Morgan fingerprint density at radius 2 is 1.76 bits per heavy atom. The van der Waals surface area contributed by atoms with Crippen molar-refractivity contribution < 1.29 is 18.8 Å². The lowest BCUT2D eigenvalue weighted by atomic mass is 9.87. The average molecular weight is 566 g/mol. The molecule has 3 atom stereocenters. The molecular weight excluding hydrogens is 546 g/mol. The van der Waals surface area contributed by atoms with E-state index in [-0.39, 0.29) is 29.1 Å². The summed E-state index contributed by atoms with van der Waals surface area (Å²) in [6.45, 7) is 1.72. The number of furan rings is 1. The van der Waals surface area contributed by atoms with Crippen LogP contribution in [0, 0.1) is 12.8 Å². The second-order valence-electron chi connectivity index (χ2n) is 9.08. The molecule has 2 aromatic heterocycles. The van der Waals surface area contributed by atoms with E-state index < -0.39 is 17.1 Å². The molecule has 0 saturated carbocycles. The minimum Gasteiger partial charge on any atom is -0.469 e. The van der Waals surface area contributed by atoms with E-state index in [1.165, 1.54) is 15.7 Å². The number of nitrogens with zero attached hydrogens (tertiary/aromatic N) is 2. The number of thioether (sulfide) groups is 1. The number of halogens is 1. The van der Waals surface area contributed by atoms with Gasteiger partial charge in [0.25, 0.3) is 0 Å². The highest BCUT2D eigenvalue weighted by atomic mass is 35.5. The first-order valence-corrected chi connectivity index (χ1v) is 13.8. The number of nitrogens with one attached hydrogen (secondary N) is 1. The molecule has 0 bridgehead atoms. The minimum absolute atomic E-state index is 0.225. The lowest BCUT2D eigenvalue weighted by Crippen LogP contribution is -2.32. The molecule has 1 fully saturated rings. The number of carbonyl (C=O) groups is 3. The quantitative estimate of drug-likeness (QED) is 0.345. The van der Waals surface area contributed by atoms with Crippen molar-refractivity contribution in [3.63, 3.8) is 0 Å². The van der Waals surface area contributed by atoms with E-state index >= 15 is 0 Å². The Bertz CT molecular complexity index is 1610. The summed E-state index contributed by atoms with van der Waals surface area (Å²) in [7, 11) is 0. The molecule has 192 valence electrons. The van der Waals surface area contributed by atoms with E-state index in [9.17, 15) is 19.2 Å². The topological polar surface area (TPSA) is 102 Å². The highest BCUT2D eigenvalue weighted by molar-refractivity contribution is 8.00. The second kappa shape index (κ2) is 9.61. The van der Waals surface area contributed by atoms with Gasteiger partial charge in [0.2, 0.25) is 17.7 Å². The van der Waals surface area contributed by atoms with Gasteiger partial charge in [-0.1, -0.05) is 52.4 Å². The molecule has 0 spiro atoms. The third kappa shape index (κ3) is 4.18. The van der Waals surface area contributed by atoms with Crippen LogP contribution in [0.5, 0.6) is 0 Å². The van der Waals surface area contributed by atoms with E-state index in [0.29, 0.717) is 32.1 Å². The number of hydrogen-bond acceptors (Lipinski definition) is 7. The van der Waals surface area contributed by atoms with E-state index in [2.05, 4.69) is 5.32 Å². The third-order valence-electron chi connectivity index (χ3n) is 6.62. The number of aryl methyl sites for hydroxylation is 1. The Kier molecular flexibility index (Phi) is 6.25. The first-order chi connectivity index (χ1) is 18.3. The Labute approximate surface area is 230 Å². The van der Waals surface area contributed by atoms with Crippen molar-refractivity contribution in [2.45, 2.75) is 29.7 Å². The molecule has 2 aliphatic rings. The number of carbonyl (C=O) groups excluding carboxylic acids is 3. The maximum atomic E-state index is 13.7. The fraction of sp³-hybridized carbons (Fsp3) is 0.185. The van der Waals surface area contributed by atoms with Crippen molar-refractivity contribution in [1.82, 2.24) is 4.57 Å². The zero-order valence-corrected chi connectivity index (χ0v) is 22.3. The molecule has 38 heavy (non-hydrogen) atoms. The van der Waals surface area contributed by atoms with E-state index in [4.69, 9.17) is 16.0 Å². The van der Waals surface area contributed by atoms with Crippen molar-refractivity contribution in [2.75, 3.05) is 10.2 Å². The summed E-state index contributed by atoms with van der Waals surface area (Å²) >= 11 is 8.14. The summed E-state index contributed by atoms with van der Waals surface area (Å²) < 4.78 is 7.08. The maximum absolute atomic E-state index is 13.7. The summed E-state index contributed by atoms with van der Waals surface area (Å²) in [5, 5.41) is 3.01. The van der Waals surface area contributed by atoms with Crippen LogP contribution in [0.4, 0.5) is 11.4 Å². The SMILES string of the molecule is Cc1ccc(NC(=O)Cn2c3c(sc2=O)C(c2ccco2)C2C(=O)N(c4ccc(Cl)cc4)C(=O)C2S3)cc1. The number of anilines is 2. The van der Waals surface area contributed by atoms with Crippen LogP contribution in [-0.4, -0.2) is 27.5 Å². The lowest BCUT2D eigenvalue weighted by molar-refractivity contribution is -0.122. The standard InChI is InChI=1S/C27H20ClN3O5S2/c1-14-4-8-16(9-5-14)29-19(32)13-30-26-23(38-27(30)35)20(18-3-2-12-36-18)21-22(37-26)25(34)31(24(21)33)17-10-6-15(28)7-11-17/h2-12,20-22H,13H2,1H3,(H,29,32). The summed E-state index contributed by atoms with van der Waals surface area (Å²) in [5.74, 6) is -2.05. The molecule has 2 aromatic carbocycles. The van der Waals surface area contributed by atoms with Gasteiger partial charge in [0.15, 0.2) is 0 Å². The smallest absolute Gasteiger partial charge is 0.308 e. The van der Waals surface area contributed by atoms with Gasteiger partial charge in [0.05, 0.1) is 33.7 Å². The van der Waals surface area contributed by atoms with Crippen LogP contribution >= 0.6 is 34.7 Å². The van der Waals surface area contributed by atoms with Crippen LogP contribution in [0.25, 0.3) is 0 Å². The zero-order chi connectivity index (χ0) is 26.6. The molecular formula is C27H20ClN3O5S2. The monoisotopic (exact) mass is 565 g/mol. The normalized spacial score (nSPS) is 20.4. The maximum Gasteiger partial charge on any atom is 0.308 e. The van der Waals surface area contributed by atoms with Crippen molar-refractivity contribution in [2.24, 2.45) is 5.92 Å². The number of aromatic nitrogens is 1. The molecule has 1 N–H and O–H groups in total. The lowest BCUT2D eigenvalue weighted by Gasteiger charge is -2.29. The molecule has 0 radical (unpaired) electrons. The van der Waals surface area contributed by atoms with Gasteiger partial charge in [0.1, 0.15) is 17.6 Å². The number of benzene rings is 2. The third-order valence-corrected chi connectivity index (χ3v) is 9.48. The Balaban J connectivity index is 1.38. The largest absolute Gasteiger partial charge is 0.469 e. The fourth-order valence-corrected chi connectivity index (χ4v) is 7.74.